The Balaban J connectivity index is 1.87. The molecule has 2 rings (SSSR count). The number of rotatable bonds is 3. The maximum absolute atomic E-state index is 9.85. The maximum atomic E-state index is 9.85. The number of aliphatic hydroxyl groups is 1. The second-order valence-corrected chi connectivity index (χ2v) is 4.66. The Morgan fingerprint density at radius 3 is 2.93 bits per heavy atom. The summed E-state index contributed by atoms with van der Waals surface area (Å²) in [6.07, 6.45) is 5.35. The molecule has 0 bridgehead atoms. The van der Waals surface area contributed by atoms with Crippen LogP contribution in [-0.4, -0.2) is 37.1 Å². The highest BCUT2D eigenvalue weighted by molar-refractivity contribution is 4.95. The SMILES string of the molecule is COCC(O)C1CCOC2(CCC2)C1. The van der Waals surface area contributed by atoms with Crippen LogP contribution in [0, 0.1) is 5.92 Å². The van der Waals surface area contributed by atoms with Gasteiger partial charge >= 0.3 is 0 Å². The molecule has 0 amide bonds. The highest BCUT2D eigenvalue weighted by Crippen LogP contribution is 2.44. The molecule has 3 heteroatoms. The molecule has 14 heavy (non-hydrogen) atoms. The van der Waals surface area contributed by atoms with Crippen molar-refractivity contribution in [1.82, 2.24) is 0 Å². The molecule has 1 aliphatic carbocycles. The first-order valence-electron chi connectivity index (χ1n) is 5.57. The fourth-order valence-electron chi connectivity index (χ4n) is 2.62. The van der Waals surface area contributed by atoms with Crippen molar-refractivity contribution in [3.63, 3.8) is 0 Å². The Bertz CT molecular complexity index is 189. The van der Waals surface area contributed by atoms with E-state index in [1.54, 1.807) is 7.11 Å². The van der Waals surface area contributed by atoms with E-state index in [4.69, 9.17) is 9.47 Å². The van der Waals surface area contributed by atoms with Crippen LogP contribution in [0.15, 0.2) is 0 Å². The zero-order valence-corrected chi connectivity index (χ0v) is 8.87. The summed E-state index contributed by atoms with van der Waals surface area (Å²) < 4.78 is 10.8. The number of hydrogen-bond acceptors (Lipinski definition) is 3. The molecule has 2 unspecified atom stereocenters. The number of hydrogen-bond donors (Lipinski definition) is 1. The molecular formula is C11H20O3. The summed E-state index contributed by atoms with van der Waals surface area (Å²) in [5.74, 6) is 0.379. The predicted octanol–water partition coefficient (Wildman–Crippen LogP) is 1.34. The van der Waals surface area contributed by atoms with Crippen LogP contribution in [0.25, 0.3) is 0 Å². The quantitative estimate of drug-likeness (QED) is 0.747. The molecule has 1 spiro atoms. The van der Waals surface area contributed by atoms with Crippen molar-refractivity contribution in [3.05, 3.63) is 0 Å². The zero-order chi connectivity index (χ0) is 10.0. The standard InChI is InChI=1S/C11H20O3/c1-13-8-10(12)9-3-6-14-11(7-9)4-2-5-11/h9-10,12H,2-8H2,1H3. The number of aliphatic hydroxyl groups excluding tert-OH is 1. The minimum atomic E-state index is -0.304. The van der Waals surface area contributed by atoms with Crippen LogP contribution in [0.4, 0.5) is 0 Å². The highest BCUT2D eigenvalue weighted by Gasteiger charge is 2.43. The first kappa shape index (κ1) is 10.4. The maximum Gasteiger partial charge on any atom is 0.0803 e. The Morgan fingerprint density at radius 2 is 2.36 bits per heavy atom. The van der Waals surface area contributed by atoms with Crippen LogP contribution in [0.5, 0.6) is 0 Å². The van der Waals surface area contributed by atoms with E-state index < -0.39 is 0 Å². The third kappa shape index (κ3) is 1.95. The lowest BCUT2D eigenvalue weighted by atomic mass is 9.71. The average Bonchev–Trinajstić information content (AvgIpc) is 2.16. The lowest BCUT2D eigenvalue weighted by Gasteiger charge is -2.48. The highest BCUT2D eigenvalue weighted by atomic mass is 16.5. The summed E-state index contributed by atoms with van der Waals surface area (Å²) in [5, 5.41) is 9.85. The third-order valence-corrected chi connectivity index (χ3v) is 3.68. The molecule has 0 radical (unpaired) electrons. The predicted molar refractivity (Wildman–Crippen MR) is 53.1 cm³/mol. The van der Waals surface area contributed by atoms with E-state index in [-0.39, 0.29) is 11.7 Å². The smallest absolute Gasteiger partial charge is 0.0803 e. The summed E-state index contributed by atoms with van der Waals surface area (Å²) in [6.45, 7) is 1.27. The molecular weight excluding hydrogens is 180 g/mol. The van der Waals surface area contributed by atoms with E-state index in [9.17, 15) is 5.11 Å². The Kier molecular flexibility index (Phi) is 3.10. The molecule has 1 saturated carbocycles. The summed E-state index contributed by atoms with van der Waals surface area (Å²) in [7, 11) is 1.64. The number of ether oxygens (including phenoxy) is 2. The van der Waals surface area contributed by atoms with Gasteiger partial charge in [-0.1, -0.05) is 0 Å². The summed E-state index contributed by atoms with van der Waals surface area (Å²) in [5.41, 5.74) is 0.137. The minimum absolute atomic E-state index is 0.137. The molecule has 0 aromatic heterocycles. The molecule has 3 nitrogen and oxygen atoms in total. The van der Waals surface area contributed by atoms with Crippen LogP contribution in [0.1, 0.15) is 32.1 Å². The van der Waals surface area contributed by atoms with Crippen molar-refractivity contribution < 1.29 is 14.6 Å². The summed E-state index contributed by atoms with van der Waals surface area (Å²) in [6, 6.07) is 0. The fourth-order valence-corrected chi connectivity index (χ4v) is 2.62. The summed E-state index contributed by atoms with van der Waals surface area (Å²) >= 11 is 0. The van der Waals surface area contributed by atoms with Gasteiger partial charge in [-0.2, -0.15) is 0 Å². The van der Waals surface area contributed by atoms with Gasteiger partial charge in [-0.15, -0.1) is 0 Å². The van der Waals surface area contributed by atoms with Gasteiger partial charge in [-0.05, 0) is 38.0 Å². The molecule has 0 aromatic carbocycles. The second kappa shape index (κ2) is 4.17. The minimum Gasteiger partial charge on any atom is -0.390 e. The largest absolute Gasteiger partial charge is 0.390 e. The van der Waals surface area contributed by atoms with Gasteiger partial charge in [0, 0.05) is 13.7 Å². The second-order valence-electron chi connectivity index (χ2n) is 4.66. The van der Waals surface area contributed by atoms with E-state index in [1.807, 2.05) is 0 Å². The lowest BCUT2D eigenvalue weighted by Crippen LogP contribution is -2.48. The molecule has 2 fully saturated rings. The van der Waals surface area contributed by atoms with Gasteiger partial charge in [0.25, 0.3) is 0 Å². The van der Waals surface area contributed by atoms with E-state index >= 15 is 0 Å². The van der Waals surface area contributed by atoms with Gasteiger partial charge < -0.3 is 14.6 Å². The molecule has 2 aliphatic rings. The molecule has 82 valence electrons. The van der Waals surface area contributed by atoms with Crippen molar-refractivity contribution in [2.24, 2.45) is 5.92 Å². The first-order chi connectivity index (χ1) is 6.76. The van der Waals surface area contributed by atoms with Crippen molar-refractivity contribution >= 4 is 0 Å². The molecule has 1 aliphatic heterocycles. The third-order valence-electron chi connectivity index (χ3n) is 3.68. The van der Waals surface area contributed by atoms with Gasteiger partial charge in [-0.25, -0.2) is 0 Å². The van der Waals surface area contributed by atoms with Crippen molar-refractivity contribution in [3.8, 4) is 0 Å². The van der Waals surface area contributed by atoms with E-state index in [0.29, 0.717) is 12.5 Å². The summed E-state index contributed by atoms with van der Waals surface area (Å²) in [4.78, 5) is 0. The normalized spacial score (nSPS) is 32.6. The fraction of sp³-hybridized carbons (Fsp3) is 1.00. The average molecular weight is 200 g/mol. The lowest BCUT2D eigenvalue weighted by molar-refractivity contribution is -0.160. The van der Waals surface area contributed by atoms with Gasteiger partial charge in [0.2, 0.25) is 0 Å². The van der Waals surface area contributed by atoms with Crippen molar-refractivity contribution in [1.29, 1.82) is 0 Å². The molecule has 1 N–H and O–H groups in total. The van der Waals surface area contributed by atoms with Crippen LogP contribution < -0.4 is 0 Å². The molecule has 2 atom stereocenters. The van der Waals surface area contributed by atoms with Gasteiger partial charge in [0.15, 0.2) is 0 Å². The van der Waals surface area contributed by atoms with Crippen molar-refractivity contribution in [2.45, 2.75) is 43.8 Å². The van der Waals surface area contributed by atoms with Crippen LogP contribution >= 0.6 is 0 Å². The zero-order valence-electron chi connectivity index (χ0n) is 8.87. The first-order valence-corrected chi connectivity index (χ1v) is 5.57. The Hall–Kier alpha value is -0.120. The molecule has 0 aromatic rings. The van der Waals surface area contributed by atoms with Crippen LogP contribution in [-0.2, 0) is 9.47 Å². The van der Waals surface area contributed by atoms with Gasteiger partial charge in [-0.3, -0.25) is 0 Å². The Morgan fingerprint density at radius 1 is 1.57 bits per heavy atom. The monoisotopic (exact) mass is 200 g/mol. The van der Waals surface area contributed by atoms with Crippen LogP contribution in [0.2, 0.25) is 0 Å². The van der Waals surface area contributed by atoms with Gasteiger partial charge in [0.05, 0.1) is 18.3 Å². The van der Waals surface area contributed by atoms with E-state index in [1.165, 1.54) is 19.3 Å². The Labute approximate surface area is 85.4 Å². The van der Waals surface area contributed by atoms with Gasteiger partial charge in [0.1, 0.15) is 0 Å². The van der Waals surface area contributed by atoms with Crippen LogP contribution in [0.3, 0.4) is 0 Å². The molecule has 1 saturated heterocycles. The van der Waals surface area contributed by atoms with E-state index in [2.05, 4.69) is 0 Å². The van der Waals surface area contributed by atoms with E-state index in [0.717, 1.165) is 19.4 Å². The molecule has 1 heterocycles. The van der Waals surface area contributed by atoms with Crippen molar-refractivity contribution in [2.75, 3.05) is 20.3 Å². The number of methoxy groups -OCH3 is 1. The topological polar surface area (TPSA) is 38.7 Å².